The van der Waals surface area contributed by atoms with Gasteiger partial charge in [-0.05, 0) is 57.7 Å². The van der Waals surface area contributed by atoms with Crippen molar-refractivity contribution < 1.29 is 43.0 Å². The Labute approximate surface area is 356 Å². The third-order valence-corrected chi connectivity index (χ3v) is 11.6. The number of methoxy groups -OCH3 is 2. The number of likely N-dealkylation sites (tertiary alicyclic amines) is 1. The molecule has 60 heavy (non-hydrogen) atoms. The maximum atomic E-state index is 14.2. The number of esters is 1. The zero-order valence-electron chi connectivity index (χ0n) is 37.6. The molecule has 0 bridgehead atoms. The van der Waals surface area contributed by atoms with E-state index >= 15 is 0 Å². The first-order valence-electron chi connectivity index (χ1n) is 21.0. The van der Waals surface area contributed by atoms with Gasteiger partial charge in [0.1, 0.15) is 0 Å². The van der Waals surface area contributed by atoms with Crippen LogP contribution in [0.4, 0.5) is 0 Å². The van der Waals surface area contributed by atoms with Crippen LogP contribution in [0.3, 0.4) is 0 Å². The summed E-state index contributed by atoms with van der Waals surface area (Å²) in [4.78, 5) is 95.4. The molecule has 1 saturated heterocycles. The Morgan fingerprint density at radius 2 is 1.67 bits per heavy atom. The van der Waals surface area contributed by atoms with Gasteiger partial charge in [0.25, 0.3) is 0 Å². The molecule has 0 radical (unpaired) electrons. The van der Waals surface area contributed by atoms with Crippen LogP contribution in [0.1, 0.15) is 79.2 Å². The van der Waals surface area contributed by atoms with Crippen molar-refractivity contribution in [2.45, 2.75) is 122 Å². The fourth-order valence-electron chi connectivity index (χ4n) is 8.09. The van der Waals surface area contributed by atoms with Crippen molar-refractivity contribution in [2.75, 3.05) is 61.6 Å². The molecule has 2 rings (SSSR count). The van der Waals surface area contributed by atoms with Crippen LogP contribution in [-0.4, -0.2) is 154 Å². The van der Waals surface area contributed by atoms with Crippen molar-refractivity contribution >= 4 is 35.9 Å². The van der Waals surface area contributed by atoms with E-state index < -0.39 is 59.8 Å². The first-order valence-corrected chi connectivity index (χ1v) is 21.0. The van der Waals surface area contributed by atoms with Gasteiger partial charge >= 0.3 is 5.97 Å². The molecular formula is C43H71N7O10. The standard InChI is InChI=1S/C43H71N7O10/c1-12-29(4)38(49(9)36(53)26-44-41(55)37(28(2)3)48(7)8)34(58-10)24-35(52)50-22-16-20-33(50)39(59-11)30(5)40(54)46-43(27-51,25-32-18-14-13-15-19-32)45-21-17-23-60-42(56)31(6)47-57/h13-15,18-19,27-31,33-34,37-39,45H,12,16-17,20-26H2,1-11H3,(H,44,55)(H,46,54)/t29-,30+,31-,33-,34+,37-,38-,39+,43+/m0/s1. The molecule has 17 heteroatoms. The Kier molecular flexibility index (Phi) is 22.0. The summed E-state index contributed by atoms with van der Waals surface area (Å²) in [5.41, 5.74) is -0.758. The normalized spacial score (nSPS) is 18.6. The van der Waals surface area contributed by atoms with Crippen LogP contribution in [0, 0.1) is 22.7 Å². The lowest BCUT2D eigenvalue weighted by Crippen LogP contribution is -2.64. The zero-order valence-corrected chi connectivity index (χ0v) is 37.6. The molecule has 4 amide bonds. The van der Waals surface area contributed by atoms with Crippen molar-refractivity contribution in [3.8, 4) is 0 Å². The number of nitroso groups, excluding NO2 is 1. The topological polar surface area (TPSA) is 205 Å². The quantitative estimate of drug-likeness (QED) is 0.0385. The molecule has 338 valence electrons. The average molecular weight is 846 g/mol. The van der Waals surface area contributed by atoms with E-state index in [0.717, 1.165) is 5.56 Å². The van der Waals surface area contributed by atoms with Crippen LogP contribution in [-0.2, 0) is 49.4 Å². The van der Waals surface area contributed by atoms with Crippen molar-refractivity contribution in [3.63, 3.8) is 0 Å². The van der Waals surface area contributed by atoms with Gasteiger partial charge in [-0.1, -0.05) is 76.5 Å². The van der Waals surface area contributed by atoms with Gasteiger partial charge in [0, 0.05) is 40.8 Å². The van der Waals surface area contributed by atoms with Crippen LogP contribution in [0.2, 0.25) is 0 Å². The Bertz CT molecular complexity index is 1540. The van der Waals surface area contributed by atoms with E-state index in [0.29, 0.717) is 32.1 Å². The predicted molar refractivity (Wildman–Crippen MR) is 227 cm³/mol. The van der Waals surface area contributed by atoms with Gasteiger partial charge in [0.05, 0.1) is 55.8 Å². The van der Waals surface area contributed by atoms with Gasteiger partial charge in [-0.2, -0.15) is 0 Å². The summed E-state index contributed by atoms with van der Waals surface area (Å²) in [6, 6.07) is 6.69. The van der Waals surface area contributed by atoms with Crippen LogP contribution in [0.15, 0.2) is 35.5 Å². The molecule has 1 aliphatic rings. The number of carbonyl (C=O) groups excluding carboxylic acids is 6. The molecule has 1 aromatic carbocycles. The predicted octanol–water partition coefficient (Wildman–Crippen LogP) is 2.54. The molecule has 0 spiro atoms. The largest absolute Gasteiger partial charge is 0.464 e. The minimum atomic E-state index is -1.54. The molecule has 1 aromatic rings. The second kappa shape index (κ2) is 25.5. The number of nitrogens with zero attached hydrogens (tertiary/aromatic N) is 4. The fourth-order valence-corrected chi connectivity index (χ4v) is 8.09. The average Bonchev–Trinajstić information content (AvgIpc) is 3.71. The second-order valence-corrected chi connectivity index (χ2v) is 16.5. The number of carbonyl (C=O) groups is 6. The smallest absolute Gasteiger partial charge is 0.334 e. The molecule has 1 aliphatic heterocycles. The van der Waals surface area contributed by atoms with Gasteiger partial charge in [0.15, 0.2) is 18.0 Å². The van der Waals surface area contributed by atoms with E-state index in [4.69, 9.17) is 14.2 Å². The summed E-state index contributed by atoms with van der Waals surface area (Å²) in [5.74, 6) is -2.80. The third-order valence-electron chi connectivity index (χ3n) is 11.6. The number of rotatable bonds is 27. The number of benzene rings is 1. The number of aldehydes is 1. The molecule has 0 aromatic heterocycles. The Hall–Kier alpha value is -4.32. The summed E-state index contributed by atoms with van der Waals surface area (Å²) in [7, 11) is 8.32. The van der Waals surface area contributed by atoms with E-state index in [1.807, 2.05) is 77.0 Å². The van der Waals surface area contributed by atoms with Crippen LogP contribution in [0.5, 0.6) is 0 Å². The first-order chi connectivity index (χ1) is 28.4. The summed E-state index contributed by atoms with van der Waals surface area (Å²) >= 11 is 0. The molecule has 3 N–H and O–H groups in total. The molecule has 1 heterocycles. The second-order valence-electron chi connectivity index (χ2n) is 16.5. The van der Waals surface area contributed by atoms with Crippen molar-refractivity contribution in [3.05, 3.63) is 40.8 Å². The SMILES string of the molecule is CC[C@H](C)[C@@H]([C@@H](CC(=O)N1CCC[C@H]1[C@H](OC)[C@@H](C)C(=O)N[C@@](C=O)(Cc1ccccc1)NCCCOC(=O)[C@H](C)N=O)OC)N(C)C(=O)CNC(=O)[C@H](C(C)C)N(C)C. The lowest BCUT2D eigenvalue weighted by molar-refractivity contribution is -0.146. The fraction of sp³-hybridized carbons (Fsp3) is 0.721. The maximum absolute atomic E-state index is 14.2. The number of hydrogen-bond acceptors (Lipinski definition) is 13. The molecule has 0 saturated carbocycles. The van der Waals surface area contributed by atoms with E-state index in [1.54, 1.807) is 23.8 Å². The summed E-state index contributed by atoms with van der Waals surface area (Å²) in [6.07, 6.45) is 1.56. The molecule has 17 nitrogen and oxygen atoms in total. The van der Waals surface area contributed by atoms with Crippen molar-refractivity contribution in [2.24, 2.45) is 22.9 Å². The van der Waals surface area contributed by atoms with Crippen molar-refractivity contribution in [1.82, 2.24) is 30.7 Å². The van der Waals surface area contributed by atoms with Gasteiger partial charge in [-0.15, -0.1) is 4.91 Å². The summed E-state index contributed by atoms with van der Waals surface area (Å²) < 4.78 is 17.0. The van der Waals surface area contributed by atoms with E-state index in [9.17, 15) is 33.7 Å². The number of ether oxygens (including phenoxy) is 3. The van der Waals surface area contributed by atoms with Gasteiger partial charge in [0.2, 0.25) is 23.6 Å². The zero-order chi connectivity index (χ0) is 45.2. The first kappa shape index (κ1) is 51.8. The lowest BCUT2D eigenvalue weighted by Gasteiger charge is -2.39. The summed E-state index contributed by atoms with van der Waals surface area (Å²) in [5, 5.41) is 11.5. The highest BCUT2D eigenvalue weighted by Gasteiger charge is 2.43. The molecule has 0 unspecified atom stereocenters. The monoisotopic (exact) mass is 846 g/mol. The highest BCUT2D eigenvalue weighted by Crippen LogP contribution is 2.29. The molecule has 1 fully saturated rings. The molecule has 0 aliphatic carbocycles. The van der Waals surface area contributed by atoms with Crippen molar-refractivity contribution in [1.29, 1.82) is 0 Å². The van der Waals surface area contributed by atoms with Crippen LogP contribution in [0.25, 0.3) is 0 Å². The minimum Gasteiger partial charge on any atom is -0.464 e. The highest BCUT2D eigenvalue weighted by molar-refractivity contribution is 5.88. The lowest BCUT2D eigenvalue weighted by atomic mass is 9.90. The van der Waals surface area contributed by atoms with E-state index in [-0.39, 0.29) is 68.5 Å². The Morgan fingerprint density at radius 3 is 2.22 bits per heavy atom. The highest BCUT2D eigenvalue weighted by atomic mass is 16.5. The van der Waals surface area contributed by atoms with Crippen LogP contribution >= 0.6 is 0 Å². The minimum absolute atomic E-state index is 0.0314. The maximum Gasteiger partial charge on any atom is 0.334 e. The number of hydrogen-bond donors (Lipinski definition) is 3. The molecular weight excluding hydrogens is 775 g/mol. The van der Waals surface area contributed by atoms with E-state index in [1.165, 1.54) is 21.1 Å². The Morgan fingerprint density at radius 1 is 1.00 bits per heavy atom. The third kappa shape index (κ3) is 14.7. The summed E-state index contributed by atoms with van der Waals surface area (Å²) in [6.45, 7) is 11.3. The number of amides is 4. The number of likely N-dealkylation sites (N-methyl/N-ethyl adjacent to an activating group) is 2. The van der Waals surface area contributed by atoms with Crippen LogP contribution < -0.4 is 16.0 Å². The Balaban J connectivity index is 2.24. The van der Waals surface area contributed by atoms with Gasteiger partial charge in [-0.25, -0.2) is 4.79 Å². The van der Waals surface area contributed by atoms with Gasteiger partial charge < -0.3 is 34.6 Å². The number of nitrogens with one attached hydrogen (secondary N) is 3. The van der Waals surface area contributed by atoms with Gasteiger partial charge in [-0.3, -0.25) is 34.2 Å². The molecule has 9 atom stereocenters. The van der Waals surface area contributed by atoms with E-state index in [2.05, 4.69) is 21.1 Å².